The topological polar surface area (TPSA) is 187 Å². The number of aromatic amines is 2. The molecule has 15 nitrogen and oxygen atoms in total. The Morgan fingerprint density at radius 2 is 1.42 bits per heavy atom. The van der Waals surface area contributed by atoms with Crippen molar-refractivity contribution in [3.05, 3.63) is 68.0 Å². The summed E-state index contributed by atoms with van der Waals surface area (Å²) in [6.45, 7) is 0.934. The number of carbonyl (C=O) groups is 1. The van der Waals surface area contributed by atoms with E-state index >= 15 is 0 Å². The zero-order valence-electron chi connectivity index (χ0n) is 24.3. The summed E-state index contributed by atoms with van der Waals surface area (Å²) in [5.74, 6) is 1.35. The zero-order chi connectivity index (χ0) is 31.3. The summed E-state index contributed by atoms with van der Waals surface area (Å²) in [5, 5.41) is 29.0. The predicted molar refractivity (Wildman–Crippen MR) is 158 cm³/mol. The highest BCUT2D eigenvalue weighted by Gasteiger charge is 2.30. The number of hydrogen-bond donors (Lipinski definition) is 2. The molecule has 1 aliphatic rings. The van der Waals surface area contributed by atoms with Crippen LogP contribution in [0.3, 0.4) is 0 Å². The molecule has 0 spiro atoms. The minimum absolute atomic E-state index is 0.00746. The number of rotatable bonds is 10. The molecule has 2 N–H and O–H groups in total. The van der Waals surface area contributed by atoms with Crippen LogP contribution in [0.4, 0.5) is 0 Å². The number of methoxy groups -OCH3 is 4. The molecule has 1 amide bonds. The number of amides is 1. The number of benzene rings is 2. The monoisotopic (exact) mass is 596 g/mol. The number of nitro groups is 2. The smallest absolute Gasteiger partial charge is 0.239 e. The summed E-state index contributed by atoms with van der Waals surface area (Å²) in [6.07, 6.45) is 5.30. The number of hydrogen-bond acceptors (Lipinski definition) is 10. The van der Waals surface area contributed by atoms with Gasteiger partial charge in [0.05, 0.1) is 46.0 Å². The van der Waals surface area contributed by atoms with Crippen LogP contribution >= 0.6 is 0 Å². The maximum absolute atomic E-state index is 11.4. The molecule has 0 radical (unpaired) electrons. The van der Waals surface area contributed by atoms with Gasteiger partial charge in [-0.25, -0.2) is 5.01 Å². The van der Waals surface area contributed by atoms with Gasteiger partial charge in [-0.15, -0.1) is 0 Å². The highest BCUT2D eigenvalue weighted by Crippen LogP contribution is 2.41. The van der Waals surface area contributed by atoms with E-state index in [1.54, 1.807) is 38.8 Å². The molecule has 43 heavy (non-hydrogen) atoms. The Morgan fingerprint density at radius 1 is 0.907 bits per heavy atom. The Kier molecular flexibility index (Phi) is 9.33. The molecule has 0 saturated carbocycles. The summed E-state index contributed by atoms with van der Waals surface area (Å²) >= 11 is 0. The van der Waals surface area contributed by atoms with E-state index in [0.717, 1.165) is 28.0 Å². The van der Waals surface area contributed by atoms with Crippen molar-refractivity contribution in [1.82, 2.24) is 15.0 Å². The molecular weight excluding hydrogens is 564 g/mol. The molecule has 4 aromatic rings. The Hall–Kier alpha value is -5.34. The number of hydrazone groups is 1. The van der Waals surface area contributed by atoms with Gasteiger partial charge in [0, 0.05) is 75.3 Å². The minimum atomic E-state index is -0.899. The maximum atomic E-state index is 11.4. The third kappa shape index (κ3) is 6.29. The number of carbonyl (C=O) groups excluding carboxylic acids is 1. The fraction of sp³-hybridized carbons (Fsp3) is 0.357. The number of fused-ring (bicyclic) bond motifs is 2. The van der Waals surface area contributed by atoms with Crippen LogP contribution in [0.25, 0.3) is 21.8 Å². The van der Waals surface area contributed by atoms with Crippen molar-refractivity contribution in [2.75, 3.05) is 48.1 Å². The molecule has 1 atom stereocenters. The van der Waals surface area contributed by atoms with Crippen molar-refractivity contribution in [2.45, 2.75) is 18.8 Å². The number of H-pyrrole nitrogens is 2. The van der Waals surface area contributed by atoms with E-state index in [1.165, 1.54) is 26.2 Å². The Bertz CT molecular complexity index is 1660. The van der Waals surface area contributed by atoms with Crippen LogP contribution in [0.2, 0.25) is 0 Å². The molecule has 2 aromatic heterocycles. The van der Waals surface area contributed by atoms with Gasteiger partial charge < -0.3 is 28.9 Å². The molecule has 2 aromatic carbocycles. The van der Waals surface area contributed by atoms with Crippen molar-refractivity contribution in [3.8, 4) is 23.0 Å². The van der Waals surface area contributed by atoms with Crippen LogP contribution < -0.4 is 18.9 Å². The quantitative estimate of drug-likeness (QED) is 0.202. The van der Waals surface area contributed by atoms with Crippen molar-refractivity contribution in [1.29, 1.82) is 0 Å². The summed E-state index contributed by atoms with van der Waals surface area (Å²) in [7, 11) is 6.15. The molecule has 228 valence electrons. The Labute approximate surface area is 245 Å². The van der Waals surface area contributed by atoms with E-state index in [4.69, 9.17) is 18.9 Å². The summed E-state index contributed by atoms with van der Waals surface area (Å²) in [6, 6.07) is 7.11. The average molecular weight is 597 g/mol. The first kappa shape index (κ1) is 30.6. The molecule has 5 rings (SSSR count). The SMILES string of the molecule is COc1cc(OC)c2[nH]ccc2c1C(C[N+](=O)[O-])C[N+](=O)[O-].COc1cc(OC)c2[nH]ccc2c1C1C=NN(C(C)=O)C1. The van der Waals surface area contributed by atoms with E-state index in [9.17, 15) is 25.0 Å². The van der Waals surface area contributed by atoms with Gasteiger partial charge in [0.25, 0.3) is 0 Å². The molecule has 0 bridgehead atoms. The van der Waals surface area contributed by atoms with Crippen LogP contribution in [-0.2, 0) is 4.79 Å². The standard InChI is InChI=1S/C15H17N3O3.C13H15N3O6/c1-9(19)18-8-10(7-17-18)14-11-4-5-16-15(11)13(21-3)6-12(14)20-2;1-21-10-5-11(22-2)13-9(3-4-14-13)12(10)8(6-15(17)18)7-16(19)20/h4-7,10,16H,8H2,1-3H3;3-5,8,14H,6-7H2,1-2H3. The Morgan fingerprint density at radius 3 is 1.91 bits per heavy atom. The molecule has 1 aliphatic heterocycles. The van der Waals surface area contributed by atoms with E-state index in [1.807, 2.05) is 18.3 Å². The van der Waals surface area contributed by atoms with Crippen molar-refractivity contribution < 1.29 is 33.6 Å². The lowest BCUT2D eigenvalue weighted by molar-refractivity contribution is -0.516. The van der Waals surface area contributed by atoms with Crippen LogP contribution in [0, 0.1) is 20.2 Å². The van der Waals surface area contributed by atoms with Gasteiger partial charge in [-0.1, -0.05) is 0 Å². The molecular formula is C28H32N6O9. The highest BCUT2D eigenvalue weighted by molar-refractivity contribution is 5.95. The molecule has 0 saturated heterocycles. The second-order valence-corrected chi connectivity index (χ2v) is 9.62. The maximum Gasteiger partial charge on any atom is 0.239 e. The van der Waals surface area contributed by atoms with Gasteiger partial charge in [-0.05, 0) is 12.1 Å². The second kappa shape index (κ2) is 13.1. The molecule has 0 fully saturated rings. The third-order valence-corrected chi connectivity index (χ3v) is 7.14. The first-order valence-electron chi connectivity index (χ1n) is 13.1. The number of aromatic nitrogens is 2. The van der Waals surface area contributed by atoms with Crippen LogP contribution in [-0.4, -0.2) is 85.0 Å². The zero-order valence-corrected chi connectivity index (χ0v) is 24.3. The van der Waals surface area contributed by atoms with E-state index in [0.29, 0.717) is 34.5 Å². The molecule has 0 aliphatic carbocycles. The van der Waals surface area contributed by atoms with Gasteiger partial charge >= 0.3 is 0 Å². The lowest BCUT2D eigenvalue weighted by atomic mass is 9.94. The summed E-state index contributed by atoms with van der Waals surface area (Å²) < 4.78 is 21.4. The van der Waals surface area contributed by atoms with E-state index < -0.39 is 28.9 Å². The molecule has 1 unspecified atom stereocenters. The second-order valence-electron chi connectivity index (χ2n) is 9.62. The average Bonchev–Trinajstić information content (AvgIpc) is 3.76. The van der Waals surface area contributed by atoms with Gasteiger partial charge in [0.15, 0.2) is 0 Å². The molecule has 15 heteroatoms. The lowest BCUT2D eigenvalue weighted by Crippen LogP contribution is -2.22. The predicted octanol–water partition coefficient (Wildman–Crippen LogP) is 3.94. The normalized spacial score (nSPS) is 14.1. The van der Waals surface area contributed by atoms with E-state index in [2.05, 4.69) is 15.1 Å². The number of ether oxygens (including phenoxy) is 4. The first-order valence-corrected chi connectivity index (χ1v) is 13.1. The van der Waals surface area contributed by atoms with Crippen LogP contribution in [0.1, 0.15) is 29.9 Å². The van der Waals surface area contributed by atoms with Gasteiger partial charge in [-0.2, -0.15) is 5.10 Å². The number of nitrogens with zero attached hydrogens (tertiary/aromatic N) is 4. The summed E-state index contributed by atoms with van der Waals surface area (Å²) in [4.78, 5) is 38.2. The number of nitrogens with one attached hydrogen (secondary N) is 2. The Balaban J connectivity index is 0.000000197. The summed E-state index contributed by atoms with van der Waals surface area (Å²) in [5.41, 5.74) is 2.99. The lowest BCUT2D eigenvalue weighted by Gasteiger charge is -2.17. The van der Waals surface area contributed by atoms with Crippen LogP contribution in [0.5, 0.6) is 23.0 Å². The van der Waals surface area contributed by atoms with Gasteiger partial charge in [0.2, 0.25) is 19.0 Å². The van der Waals surface area contributed by atoms with E-state index in [-0.39, 0.29) is 11.8 Å². The van der Waals surface area contributed by atoms with Crippen molar-refractivity contribution in [2.24, 2.45) is 5.10 Å². The first-order chi connectivity index (χ1) is 20.6. The minimum Gasteiger partial charge on any atom is -0.496 e. The van der Waals surface area contributed by atoms with Crippen LogP contribution in [0.15, 0.2) is 41.8 Å². The largest absolute Gasteiger partial charge is 0.496 e. The fourth-order valence-electron chi connectivity index (χ4n) is 5.28. The third-order valence-electron chi connectivity index (χ3n) is 7.14. The van der Waals surface area contributed by atoms with Gasteiger partial charge in [0.1, 0.15) is 28.9 Å². The molecule has 3 heterocycles. The van der Waals surface area contributed by atoms with Crippen molar-refractivity contribution in [3.63, 3.8) is 0 Å². The van der Waals surface area contributed by atoms with Crippen molar-refractivity contribution >= 4 is 33.9 Å². The van der Waals surface area contributed by atoms with Gasteiger partial charge in [-0.3, -0.25) is 25.0 Å². The highest BCUT2D eigenvalue weighted by atomic mass is 16.6. The fourth-order valence-corrected chi connectivity index (χ4v) is 5.28.